The van der Waals surface area contributed by atoms with Crippen LogP contribution in [0.2, 0.25) is 0 Å². The van der Waals surface area contributed by atoms with Gasteiger partial charge in [0, 0.05) is 12.1 Å². The van der Waals surface area contributed by atoms with E-state index in [0.29, 0.717) is 11.3 Å². The molecule has 0 fully saturated rings. The van der Waals surface area contributed by atoms with Crippen molar-refractivity contribution in [1.29, 1.82) is 0 Å². The Kier molecular flexibility index (Phi) is 10.0. The number of aliphatic hydroxyl groups is 1. The molecule has 35 heavy (non-hydrogen) atoms. The maximum atomic E-state index is 14.1. The molecule has 2 amide bonds. The molecule has 0 aliphatic rings. The zero-order chi connectivity index (χ0) is 26.2. The fourth-order valence-corrected chi connectivity index (χ4v) is 3.14. The minimum atomic E-state index is -4.61. The number of halogens is 4. The maximum Gasteiger partial charge on any atom is 0.401 e. The number of carbonyl (C=O) groups excluding carboxylic acids is 2. The molecule has 0 heterocycles. The average Bonchev–Trinajstić information content (AvgIpc) is 2.75. The number of rotatable bonds is 11. The first-order valence-electron chi connectivity index (χ1n) is 10.9. The van der Waals surface area contributed by atoms with Gasteiger partial charge in [0.1, 0.15) is 30.3 Å². The number of carbonyl (C=O) groups is 2. The largest absolute Gasteiger partial charge is 0.491 e. The van der Waals surface area contributed by atoms with Crippen molar-refractivity contribution < 1.29 is 37.0 Å². The number of ether oxygens (including phenoxy) is 1. The van der Waals surface area contributed by atoms with E-state index in [2.05, 4.69) is 10.6 Å². The number of alkyl halides is 3. The molecule has 11 heteroatoms. The number of hydrogen-bond donors (Lipinski definition) is 4. The van der Waals surface area contributed by atoms with E-state index in [0.717, 1.165) is 12.5 Å². The molecule has 2 rings (SSSR count). The summed E-state index contributed by atoms with van der Waals surface area (Å²) in [7, 11) is 0. The van der Waals surface area contributed by atoms with Crippen molar-refractivity contribution in [2.45, 2.75) is 51.7 Å². The third-order valence-electron chi connectivity index (χ3n) is 4.99. The van der Waals surface area contributed by atoms with Crippen LogP contribution in [0.1, 0.15) is 23.6 Å². The van der Waals surface area contributed by atoms with Gasteiger partial charge in [0.2, 0.25) is 11.8 Å². The second-order valence-electron chi connectivity index (χ2n) is 8.22. The van der Waals surface area contributed by atoms with E-state index in [1.54, 1.807) is 31.2 Å². The highest BCUT2D eigenvalue weighted by atomic mass is 19.4. The first kappa shape index (κ1) is 28.1. The van der Waals surface area contributed by atoms with Gasteiger partial charge in [-0.05, 0) is 50.1 Å². The van der Waals surface area contributed by atoms with Gasteiger partial charge in [0.05, 0.1) is 12.6 Å². The van der Waals surface area contributed by atoms with E-state index in [-0.39, 0.29) is 18.7 Å². The van der Waals surface area contributed by atoms with E-state index in [1.807, 2.05) is 18.3 Å². The molecule has 0 saturated carbocycles. The summed E-state index contributed by atoms with van der Waals surface area (Å²) in [5.74, 6) is -1.89. The SMILES string of the molecule is Cc1cccc(OC[C@H](NC(=O)[C@@H](NCC(F)(F)F)[C@@H](C)O)C(=O)NCc2ccc(C)cc2F)c1. The normalized spacial score (nSPS) is 14.1. The number of hydrogen-bond acceptors (Lipinski definition) is 5. The molecule has 2 aromatic carbocycles. The van der Waals surface area contributed by atoms with Gasteiger partial charge in [-0.1, -0.05) is 24.3 Å². The average molecular weight is 500 g/mol. The molecule has 7 nitrogen and oxygen atoms in total. The van der Waals surface area contributed by atoms with Crippen LogP contribution in [0, 0.1) is 19.7 Å². The summed E-state index contributed by atoms with van der Waals surface area (Å²) < 4.78 is 57.5. The van der Waals surface area contributed by atoms with E-state index in [1.165, 1.54) is 12.1 Å². The lowest BCUT2D eigenvalue weighted by atomic mass is 10.1. The Morgan fingerprint density at radius 3 is 2.34 bits per heavy atom. The highest BCUT2D eigenvalue weighted by Gasteiger charge is 2.33. The predicted molar refractivity (Wildman–Crippen MR) is 121 cm³/mol. The fourth-order valence-electron chi connectivity index (χ4n) is 3.14. The van der Waals surface area contributed by atoms with Crippen molar-refractivity contribution in [3.63, 3.8) is 0 Å². The van der Waals surface area contributed by atoms with Gasteiger partial charge in [-0.25, -0.2) is 4.39 Å². The van der Waals surface area contributed by atoms with Crippen LogP contribution in [0.15, 0.2) is 42.5 Å². The quantitative estimate of drug-likeness (QED) is 0.356. The van der Waals surface area contributed by atoms with Gasteiger partial charge in [0.25, 0.3) is 0 Å². The van der Waals surface area contributed by atoms with Crippen LogP contribution in [0.25, 0.3) is 0 Å². The van der Waals surface area contributed by atoms with Gasteiger partial charge >= 0.3 is 6.18 Å². The Morgan fingerprint density at radius 2 is 1.74 bits per heavy atom. The second kappa shape index (κ2) is 12.5. The molecule has 2 aromatic rings. The number of benzene rings is 2. The van der Waals surface area contributed by atoms with E-state index in [9.17, 15) is 32.3 Å². The molecule has 3 atom stereocenters. The van der Waals surface area contributed by atoms with Crippen molar-refractivity contribution in [3.8, 4) is 5.75 Å². The van der Waals surface area contributed by atoms with E-state index < -0.39 is 48.5 Å². The third kappa shape index (κ3) is 9.53. The highest BCUT2D eigenvalue weighted by molar-refractivity contribution is 5.90. The molecule has 0 aromatic heterocycles. The van der Waals surface area contributed by atoms with Crippen LogP contribution in [-0.4, -0.2) is 54.4 Å². The predicted octanol–water partition coefficient (Wildman–Crippen LogP) is 2.52. The molecule has 0 spiro atoms. The van der Waals surface area contributed by atoms with E-state index in [4.69, 9.17) is 4.74 Å². The molecular weight excluding hydrogens is 470 g/mol. The zero-order valence-electron chi connectivity index (χ0n) is 19.6. The van der Waals surface area contributed by atoms with Crippen molar-refractivity contribution in [1.82, 2.24) is 16.0 Å². The molecule has 192 valence electrons. The van der Waals surface area contributed by atoms with Gasteiger partial charge in [-0.2, -0.15) is 13.2 Å². The summed E-state index contributed by atoms with van der Waals surface area (Å²) in [6.45, 7) is 2.63. The summed E-state index contributed by atoms with van der Waals surface area (Å²) in [5, 5.41) is 16.6. The topological polar surface area (TPSA) is 99.7 Å². The lowest BCUT2D eigenvalue weighted by Crippen LogP contribution is -2.58. The molecule has 4 N–H and O–H groups in total. The van der Waals surface area contributed by atoms with Crippen LogP contribution in [0.5, 0.6) is 5.75 Å². The third-order valence-corrected chi connectivity index (χ3v) is 4.99. The first-order valence-corrected chi connectivity index (χ1v) is 10.9. The highest BCUT2D eigenvalue weighted by Crippen LogP contribution is 2.15. The molecule has 0 radical (unpaired) electrons. The summed E-state index contributed by atoms with van der Waals surface area (Å²) in [4.78, 5) is 25.5. The molecule has 0 bridgehead atoms. The van der Waals surface area contributed by atoms with Crippen LogP contribution < -0.4 is 20.7 Å². The molecule has 0 aliphatic heterocycles. The molecule has 0 aliphatic carbocycles. The fraction of sp³-hybridized carbons (Fsp3) is 0.417. The Hall–Kier alpha value is -3.18. The lowest BCUT2D eigenvalue weighted by molar-refractivity contribution is -0.137. The molecular formula is C24H29F4N3O4. The minimum absolute atomic E-state index is 0.187. The van der Waals surface area contributed by atoms with Gasteiger partial charge < -0.3 is 20.5 Å². The summed E-state index contributed by atoms with van der Waals surface area (Å²) in [5.41, 5.74) is 1.79. The second-order valence-corrected chi connectivity index (χ2v) is 8.22. The maximum absolute atomic E-state index is 14.1. The number of aryl methyl sites for hydroxylation is 2. The van der Waals surface area contributed by atoms with E-state index >= 15 is 0 Å². The number of aliphatic hydroxyl groups excluding tert-OH is 1. The summed E-state index contributed by atoms with van der Waals surface area (Å²) in [6.07, 6.45) is -6.10. The zero-order valence-corrected chi connectivity index (χ0v) is 19.6. The van der Waals surface area contributed by atoms with Crippen LogP contribution in [-0.2, 0) is 16.1 Å². The Labute approximate surface area is 200 Å². The summed E-state index contributed by atoms with van der Waals surface area (Å²) in [6, 6.07) is 8.39. The van der Waals surface area contributed by atoms with Crippen LogP contribution >= 0.6 is 0 Å². The van der Waals surface area contributed by atoms with Crippen molar-refractivity contribution >= 4 is 11.8 Å². The van der Waals surface area contributed by atoms with Crippen molar-refractivity contribution in [3.05, 3.63) is 65.0 Å². The number of amides is 2. The Bertz CT molecular complexity index is 1010. The van der Waals surface area contributed by atoms with Crippen molar-refractivity contribution in [2.75, 3.05) is 13.2 Å². The Balaban J connectivity index is 2.14. The van der Waals surface area contributed by atoms with Gasteiger partial charge in [-0.15, -0.1) is 0 Å². The number of nitrogens with one attached hydrogen (secondary N) is 3. The monoisotopic (exact) mass is 499 g/mol. The van der Waals surface area contributed by atoms with Crippen molar-refractivity contribution in [2.24, 2.45) is 0 Å². The smallest absolute Gasteiger partial charge is 0.401 e. The standard InChI is InChI=1S/C24H29F4N3O4/c1-14-5-4-6-18(9-14)35-12-20(22(33)29-11-17-8-7-15(2)10-19(17)25)31-23(34)21(16(3)32)30-13-24(26,27)28/h4-10,16,20-21,30,32H,11-13H2,1-3H3,(H,29,33)(H,31,34)/t16-,20+,21+/m1/s1. The Morgan fingerprint density at radius 1 is 1.06 bits per heavy atom. The first-order chi connectivity index (χ1) is 16.4. The molecule has 0 saturated heterocycles. The van der Waals surface area contributed by atoms with Crippen LogP contribution in [0.4, 0.5) is 17.6 Å². The van der Waals surface area contributed by atoms with Gasteiger partial charge in [-0.3, -0.25) is 14.9 Å². The molecule has 0 unspecified atom stereocenters. The lowest BCUT2D eigenvalue weighted by Gasteiger charge is -2.25. The van der Waals surface area contributed by atoms with Crippen LogP contribution in [0.3, 0.4) is 0 Å². The van der Waals surface area contributed by atoms with Gasteiger partial charge in [0.15, 0.2) is 0 Å². The summed E-state index contributed by atoms with van der Waals surface area (Å²) >= 11 is 0. The minimum Gasteiger partial charge on any atom is -0.491 e.